The highest BCUT2D eigenvalue weighted by Gasteiger charge is 2.24. The number of carboxylic acids is 1. The number of rotatable bonds is 7. The van der Waals surface area contributed by atoms with E-state index in [1.807, 2.05) is 0 Å². The Kier molecular flexibility index (Phi) is 6.04. The summed E-state index contributed by atoms with van der Waals surface area (Å²) in [5.41, 5.74) is -0.122. The Labute approximate surface area is 118 Å². The van der Waals surface area contributed by atoms with Crippen molar-refractivity contribution in [3.05, 3.63) is 29.3 Å². The van der Waals surface area contributed by atoms with Crippen LogP contribution in [0.15, 0.2) is 18.2 Å². The van der Waals surface area contributed by atoms with Crippen molar-refractivity contribution in [3.63, 3.8) is 0 Å². The molecule has 1 rings (SSSR count). The number of hydrogen-bond donors (Lipinski definition) is 2. The molecule has 0 spiro atoms. The highest BCUT2D eigenvalue weighted by atomic mass is 19.3. The molecule has 1 atom stereocenters. The second kappa shape index (κ2) is 7.53. The molecule has 0 amide bonds. The predicted octanol–water partition coefficient (Wildman–Crippen LogP) is 1.51. The average molecular weight is 304 g/mol. The van der Waals surface area contributed by atoms with Gasteiger partial charge in [0.05, 0.1) is 7.11 Å². The number of halogens is 2. The van der Waals surface area contributed by atoms with Crippen molar-refractivity contribution in [1.82, 2.24) is 0 Å². The van der Waals surface area contributed by atoms with Crippen molar-refractivity contribution in [1.29, 1.82) is 0 Å². The van der Waals surface area contributed by atoms with E-state index in [0.29, 0.717) is 0 Å². The number of para-hydroxylation sites is 1. The van der Waals surface area contributed by atoms with Gasteiger partial charge in [-0.05, 0) is 12.0 Å². The van der Waals surface area contributed by atoms with Crippen molar-refractivity contribution in [2.24, 2.45) is 0 Å². The standard InChI is InChI=1S/C13H14F2O6/c1-20-9(16)6-5-7-3-2-4-8(10(17)12(18)19)11(7)21-13(14)15/h2-4,10,13,17H,5-6H2,1H3,(H,18,19). The SMILES string of the molecule is COC(=O)CCc1cccc(C(O)C(=O)O)c1OC(F)F. The van der Waals surface area contributed by atoms with Gasteiger partial charge in [-0.25, -0.2) is 4.79 Å². The van der Waals surface area contributed by atoms with Crippen LogP contribution in [-0.2, 0) is 20.7 Å². The zero-order chi connectivity index (χ0) is 16.0. The summed E-state index contributed by atoms with van der Waals surface area (Å²) in [7, 11) is 1.18. The molecular weight excluding hydrogens is 290 g/mol. The van der Waals surface area contributed by atoms with Crippen molar-refractivity contribution in [2.75, 3.05) is 7.11 Å². The number of esters is 1. The third-order valence-corrected chi connectivity index (χ3v) is 2.69. The molecule has 0 heterocycles. The van der Waals surface area contributed by atoms with E-state index >= 15 is 0 Å². The maximum Gasteiger partial charge on any atom is 0.387 e. The van der Waals surface area contributed by atoms with Gasteiger partial charge in [0, 0.05) is 12.0 Å². The number of hydrogen-bond acceptors (Lipinski definition) is 5. The lowest BCUT2D eigenvalue weighted by molar-refractivity contribution is -0.147. The number of carbonyl (C=O) groups excluding carboxylic acids is 1. The van der Waals surface area contributed by atoms with Gasteiger partial charge >= 0.3 is 18.6 Å². The second-order valence-electron chi connectivity index (χ2n) is 4.03. The smallest absolute Gasteiger partial charge is 0.387 e. The molecule has 116 valence electrons. The Balaban J connectivity index is 3.14. The van der Waals surface area contributed by atoms with E-state index in [1.54, 1.807) is 0 Å². The van der Waals surface area contributed by atoms with Crippen LogP contribution in [0.2, 0.25) is 0 Å². The van der Waals surface area contributed by atoms with Crippen LogP contribution in [0.5, 0.6) is 5.75 Å². The van der Waals surface area contributed by atoms with Gasteiger partial charge in [0.25, 0.3) is 0 Å². The van der Waals surface area contributed by atoms with Crippen LogP contribution in [0.25, 0.3) is 0 Å². The third kappa shape index (κ3) is 4.67. The fraction of sp³-hybridized carbons (Fsp3) is 0.385. The van der Waals surface area contributed by atoms with Crippen molar-refractivity contribution in [2.45, 2.75) is 25.6 Å². The first-order chi connectivity index (χ1) is 9.86. The first-order valence-corrected chi connectivity index (χ1v) is 5.91. The minimum absolute atomic E-state index is 0.00884. The van der Waals surface area contributed by atoms with Crippen molar-refractivity contribution < 1.29 is 38.1 Å². The molecule has 0 aliphatic heterocycles. The van der Waals surface area contributed by atoms with E-state index in [1.165, 1.54) is 19.2 Å². The topological polar surface area (TPSA) is 93.1 Å². The molecule has 0 fully saturated rings. The molecule has 6 nitrogen and oxygen atoms in total. The van der Waals surface area contributed by atoms with E-state index < -0.39 is 30.4 Å². The first-order valence-electron chi connectivity index (χ1n) is 5.91. The number of methoxy groups -OCH3 is 1. The fourth-order valence-corrected chi connectivity index (χ4v) is 1.72. The molecular formula is C13H14F2O6. The molecule has 0 aromatic heterocycles. The van der Waals surface area contributed by atoms with Crippen molar-refractivity contribution >= 4 is 11.9 Å². The molecule has 8 heteroatoms. The highest BCUT2D eigenvalue weighted by molar-refractivity contribution is 5.75. The molecule has 0 bridgehead atoms. The van der Waals surface area contributed by atoms with Gasteiger partial charge in [-0.2, -0.15) is 8.78 Å². The van der Waals surface area contributed by atoms with E-state index in [4.69, 9.17) is 5.11 Å². The predicted molar refractivity (Wildman–Crippen MR) is 66.0 cm³/mol. The highest BCUT2D eigenvalue weighted by Crippen LogP contribution is 2.31. The summed E-state index contributed by atoms with van der Waals surface area (Å²) in [6.45, 7) is -3.19. The van der Waals surface area contributed by atoms with Gasteiger partial charge in [-0.3, -0.25) is 4.79 Å². The Bertz CT molecular complexity index is 517. The fourth-order valence-electron chi connectivity index (χ4n) is 1.72. The van der Waals surface area contributed by atoms with E-state index in [2.05, 4.69) is 9.47 Å². The molecule has 21 heavy (non-hydrogen) atoms. The molecule has 1 aromatic carbocycles. The minimum Gasteiger partial charge on any atom is -0.479 e. The molecule has 0 aliphatic rings. The number of alkyl halides is 2. The number of aliphatic hydroxyl groups is 1. The zero-order valence-corrected chi connectivity index (χ0v) is 11.1. The summed E-state index contributed by atoms with van der Waals surface area (Å²) in [6.07, 6.45) is -2.09. The summed E-state index contributed by atoms with van der Waals surface area (Å²) >= 11 is 0. The van der Waals surface area contributed by atoms with E-state index in [9.17, 15) is 23.5 Å². The van der Waals surface area contributed by atoms with Crippen LogP contribution >= 0.6 is 0 Å². The van der Waals surface area contributed by atoms with Crippen LogP contribution in [0.3, 0.4) is 0 Å². The van der Waals surface area contributed by atoms with E-state index in [0.717, 1.165) is 6.07 Å². The van der Waals surface area contributed by atoms with Gasteiger partial charge in [0.2, 0.25) is 0 Å². The maximum absolute atomic E-state index is 12.5. The summed E-state index contributed by atoms with van der Waals surface area (Å²) in [6, 6.07) is 3.95. The summed E-state index contributed by atoms with van der Waals surface area (Å²) in [5.74, 6) is -2.59. The quantitative estimate of drug-likeness (QED) is 0.742. The number of ether oxygens (including phenoxy) is 2. The molecule has 1 unspecified atom stereocenters. The first kappa shape index (κ1) is 16.8. The molecule has 0 aliphatic carbocycles. The normalized spacial score (nSPS) is 12.0. The summed E-state index contributed by atoms with van der Waals surface area (Å²) < 4.78 is 33.7. The van der Waals surface area contributed by atoms with Gasteiger partial charge < -0.3 is 19.7 Å². The summed E-state index contributed by atoms with van der Waals surface area (Å²) in [4.78, 5) is 21.9. The number of carbonyl (C=O) groups is 2. The number of carboxylic acid groups (broad SMARTS) is 1. The average Bonchev–Trinajstić information content (AvgIpc) is 2.44. The zero-order valence-electron chi connectivity index (χ0n) is 11.1. The molecule has 0 radical (unpaired) electrons. The maximum atomic E-state index is 12.5. The van der Waals surface area contributed by atoms with Crippen LogP contribution in [0, 0.1) is 0 Å². The lowest BCUT2D eigenvalue weighted by Gasteiger charge is -2.16. The lowest BCUT2D eigenvalue weighted by Crippen LogP contribution is -2.15. The molecule has 0 saturated heterocycles. The van der Waals surface area contributed by atoms with Crippen LogP contribution in [0.1, 0.15) is 23.7 Å². The Morgan fingerprint density at radius 1 is 1.33 bits per heavy atom. The van der Waals surface area contributed by atoms with Gasteiger partial charge in [-0.1, -0.05) is 18.2 Å². The third-order valence-electron chi connectivity index (χ3n) is 2.69. The Morgan fingerprint density at radius 2 is 2.00 bits per heavy atom. The minimum atomic E-state index is -3.19. The monoisotopic (exact) mass is 304 g/mol. The van der Waals surface area contributed by atoms with Gasteiger partial charge in [-0.15, -0.1) is 0 Å². The molecule has 2 N–H and O–H groups in total. The Hall–Kier alpha value is -2.22. The number of aliphatic carboxylic acids is 1. The number of aryl methyl sites for hydroxylation is 1. The van der Waals surface area contributed by atoms with Crippen LogP contribution < -0.4 is 4.74 Å². The largest absolute Gasteiger partial charge is 0.479 e. The van der Waals surface area contributed by atoms with E-state index in [-0.39, 0.29) is 24.0 Å². The van der Waals surface area contributed by atoms with Crippen molar-refractivity contribution in [3.8, 4) is 5.75 Å². The van der Waals surface area contributed by atoms with Crippen LogP contribution in [-0.4, -0.2) is 35.9 Å². The summed E-state index contributed by atoms with van der Waals surface area (Å²) in [5, 5.41) is 18.3. The lowest BCUT2D eigenvalue weighted by atomic mass is 10.0. The molecule has 1 aromatic rings. The number of aliphatic hydroxyl groups excluding tert-OH is 1. The second-order valence-corrected chi connectivity index (χ2v) is 4.03. The number of benzene rings is 1. The Morgan fingerprint density at radius 3 is 2.52 bits per heavy atom. The van der Waals surface area contributed by atoms with Gasteiger partial charge in [0.1, 0.15) is 5.75 Å². The molecule has 0 saturated carbocycles. The van der Waals surface area contributed by atoms with Gasteiger partial charge in [0.15, 0.2) is 6.10 Å². The van der Waals surface area contributed by atoms with Crippen LogP contribution in [0.4, 0.5) is 8.78 Å².